The number of aliphatic hydroxyl groups is 1. The summed E-state index contributed by atoms with van der Waals surface area (Å²) in [5.41, 5.74) is 2.50. The van der Waals surface area contributed by atoms with Crippen LogP contribution in [0.15, 0.2) is 53.4 Å². The summed E-state index contributed by atoms with van der Waals surface area (Å²) in [5, 5.41) is 9.47. The van der Waals surface area contributed by atoms with Crippen LogP contribution in [0, 0.1) is 13.8 Å². The van der Waals surface area contributed by atoms with Gasteiger partial charge in [-0.3, -0.25) is 0 Å². The minimum absolute atomic E-state index is 0.217. The summed E-state index contributed by atoms with van der Waals surface area (Å²) in [6, 6.07) is 13.5. The van der Waals surface area contributed by atoms with Crippen molar-refractivity contribution in [2.45, 2.75) is 24.8 Å². The average molecular weight is 305 g/mol. The third-order valence-corrected chi connectivity index (χ3v) is 4.64. The lowest BCUT2D eigenvalue weighted by Crippen LogP contribution is -2.31. The molecule has 0 radical (unpaired) electrons. The Kier molecular flexibility index (Phi) is 4.77. The van der Waals surface area contributed by atoms with Gasteiger partial charge in [-0.25, -0.2) is 13.1 Å². The number of hydrogen-bond acceptors (Lipinski definition) is 3. The second-order valence-electron chi connectivity index (χ2n) is 5.09. The SMILES string of the molecule is Cc1cc(C)cc(S(=O)(=O)N[C@H](CO)c2ccccc2)c1. The van der Waals surface area contributed by atoms with Gasteiger partial charge >= 0.3 is 0 Å². The lowest BCUT2D eigenvalue weighted by atomic mass is 10.1. The summed E-state index contributed by atoms with van der Waals surface area (Å²) in [6.45, 7) is 3.41. The molecule has 0 spiro atoms. The van der Waals surface area contributed by atoms with Gasteiger partial charge in [-0.05, 0) is 42.7 Å². The van der Waals surface area contributed by atoms with Gasteiger partial charge in [0.25, 0.3) is 0 Å². The molecule has 0 fully saturated rings. The molecule has 4 nitrogen and oxygen atoms in total. The van der Waals surface area contributed by atoms with Gasteiger partial charge in [0.2, 0.25) is 10.0 Å². The van der Waals surface area contributed by atoms with E-state index in [1.54, 1.807) is 24.3 Å². The molecule has 2 aromatic rings. The Morgan fingerprint density at radius 3 is 2.14 bits per heavy atom. The molecule has 112 valence electrons. The highest BCUT2D eigenvalue weighted by atomic mass is 32.2. The van der Waals surface area contributed by atoms with Gasteiger partial charge in [0.05, 0.1) is 17.5 Å². The number of hydrogen-bond donors (Lipinski definition) is 2. The maximum Gasteiger partial charge on any atom is 0.241 e. The Morgan fingerprint density at radius 1 is 1.05 bits per heavy atom. The van der Waals surface area contributed by atoms with Gasteiger partial charge in [0.15, 0.2) is 0 Å². The summed E-state index contributed by atoms with van der Waals surface area (Å²) in [5.74, 6) is 0. The van der Waals surface area contributed by atoms with Crippen molar-refractivity contribution in [3.05, 3.63) is 65.2 Å². The van der Waals surface area contributed by atoms with Crippen molar-refractivity contribution < 1.29 is 13.5 Å². The fraction of sp³-hybridized carbons (Fsp3) is 0.250. The molecule has 0 amide bonds. The smallest absolute Gasteiger partial charge is 0.241 e. The molecule has 2 rings (SSSR count). The minimum Gasteiger partial charge on any atom is -0.394 e. The van der Waals surface area contributed by atoms with E-state index in [9.17, 15) is 13.5 Å². The van der Waals surface area contributed by atoms with Crippen LogP contribution in [0.2, 0.25) is 0 Å². The van der Waals surface area contributed by atoms with E-state index in [4.69, 9.17) is 0 Å². The molecule has 0 aliphatic carbocycles. The monoisotopic (exact) mass is 305 g/mol. The normalized spacial score (nSPS) is 13.1. The zero-order valence-corrected chi connectivity index (χ0v) is 12.9. The fourth-order valence-corrected chi connectivity index (χ4v) is 3.64. The van der Waals surface area contributed by atoms with Gasteiger partial charge < -0.3 is 5.11 Å². The summed E-state index contributed by atoms with van der Waals surface area (Å²) < 4.78 is 27.5. The molecule has 0 aliphatic rings. The Labute approximate surface area is 125 Å². The fourth-order valence-electron chi connectivity index (χ4n) is 2.24. The number of benzene rings is 2. The van der Waals surface area contributed by atoms with Crippen LogP contribution in [-0.4, -0.2) is 20.1 Å². The van der Waals surface area contributed by atoms with E-state index in [0.717, 1.165) is 16.7 Å². The summed E-state index contributed by atoms with van der Waals surface area (Å²) in [7, 11) is -3.67. The molecule has 2 aromatic carbocycles. The van der Waals surface area contributed by atoms with E-state index in [1.807, 2.05) is 38.1 Å². The topological polar surface area (TPSA) is 66.4 Å². The summed E-state index contributed by atoms with van der Waals surface area (Å²) in [6.07, 6.45) is 0. The first-order valence-electron chi connectivity index (χ1n) is 6.69. The highest BCUT2D eigenvalue weighted by molar-refractivity contribution is 7.89. The molecule has 0 heterocycles. The van der Waals surface area contributed by atoms with Crippen LogP contribution >= 0.6 is 0 Å². The number of aryl methyl sites for hydroxylation is 2. The molecule has 0 saturated heterocycles. The highest BCUT2D eigenvalue weighted by Gasteiger charge is 2.21. The molecular weight excluding hydrogens is 286 g/mol. The number of nitrogens with one attached hydrogen (secondary N) is 1. The lowest BCUT2D eigenvalue weighted by Gasteiger charge is -2.17. The average Bonchev–Trinajstić information content (AvgIpc) is 2.45. The molecule has 5 heteroatoms. The largest absolute Gasteiger partial charge is 0.394 e. The summed E-state index contributed by atoms with van der Waals surface area (Å²) in [4.78, 5) is 0.217. The predicted molar refractivity (Wildman–Crippen MR) is 82.5 cm³/mol. The van der Waals surface area contributed by atoms with Crippen LogP contribution in [0.5, 0.6) is 0 Å². The molecule has 2 N–H and O–H groups in total. The molecular formula is C16H19NO3S. The van der Waals surface area contributed by atoms with Crippen molar-refractivity contribution in [2.75, 3.05) is 6.61 Å². The first-order valence-corrected chi connectivity index (χ1v) is 8.17. The van der Waals surface area contributed by atoms with Crippen LogP contribution < -0.4 is 4.72 Å². The number of rotatable bonds is 5. The third kappa shape index (κ3) is 3.91. The maximum absolute atomic E-state index is 12.5. The predicted octanol–water partition coefficient (Wildman–Crippen LogP) is 2.32. The first kappa shape index (κ1) is 15.7. The van der Waals surface area contributed by atoms with Gasteiger partial charge in [-0.15, -0.1) is 0 Å². The van der Waals surface area contributed by atoms with Crippen LogP contribution in [0.3, 0.4) is 0 Å². The van der Waals surface area contributed by atoms with Crippen LogP contribution in [0.4, 0.5) is 0 Å². The summed E-state index contributed by atoms with van der Waals surface area (Å²) >= 11 is 0. The van der Waals surface area contributed by atoms with Crippen molar-refractivity contribution in [3.63, 3.8) is 0 Å². The maximum atomic E-state index is 12.5. The quantitative estimate of drug-likeness (QED) is 0.891. The van der Waals surface area contributed by atoms with Gasteiger partial charge in [-0.1, -0.05) is 36.4 Å². The van der Waals surface area contributed by atoms with Crippen LogP contribution in [0.25, 0.3) is 0 Å². The Morgan fingerprint density at radius 2 is 1.62 bits per heavy atom. The van der Waals surface area contributed by atoms with Crippen molar-refractivity contribution in [3.8, 4) is 0 Å². The molecule has 0 saturated carbocycles. The zero-order chi connectivity index (χ0) is 15.5. The number of sulfonamides is 1. The Hall–Kier alpha value is -1.69. The Balaban J connectivity index is 2.31. The lowest BCUT2D eigenvalue weighted by molar-refractivity contribution is 0.259. The highest BCUT2D eigenvalue weighted by Crippen LogP contribution is 2.19. The standard InChI is InChI=1S/C16H19NO3S/c1-12-8-13(2)10-15(9-12)21(19,20)17-16(11-18)14-6-4-3-5-7-14/h3-10,16-18H,11H2,1-2H3/t16-/m1/s1. The molecule has 21 heavy (non-hydrogen) atoms. The second kappa shape index (κ2) is 6.39. The van der Waals surface area contributed by atoms with Crippen molar-refractivity contribution in [1.82, 2.24) is 4.72 Å². The van der Waals surface area contributed by atoms with E-state index in [1.165, 1.54) is 0 Å². The zero-order valence-electron chi connectivity index (χ0n) is 12.1. The Bertz CT molecular complexity index is 691. The van der Waals surface area contributed by atoms with Crippen molar-refractivity contribution >= 4 is 10.0 Å². The molecule has 0 aliphatic heterocycles. The van der Waals surface area contributed by atoms with Gasteiger partial charge in [0, 0.05) is 0 Å². The van der Waals surface area contributed by atoms with Crippen LogP contribution in [-0.2, 0) is 10.0 Å². The second-order valence-corrected chi connectivity index (χ2v) is 6.80. The van der Waals surface area contributed by atoms with Gasteiger partial charge in [0.1, 0.15) is 0 Å². The van der Waals surface area contributed by atoms with Gasteiger partial charge in [-0.2, -0.15) is 0 Å². The van der Waals surface area contributed by atoms with Crippen LogP contribution in [0.1, 0.15) is 22.7 Å². The van der Waals surface area contributed by atoms with E-state index < -0.39 is 16.1 Å². The molecule has 1 atom stereocenters. The van der Waals surface area contributed by atoms with Crippen molar-refractivity contribution in [2.24, 2.45) is 0 Å². The molecule has 0 bridgehead atoms. The van der Waals surface area contributed by atoms with E-state index in [0.29, 0.717) is 0 Å². The first-order chi connectivity index (χ1) is 9.92. The third-order valence-electron chi connectivity index (χ3n) is 3.19. The number of aliphatic hydroxyl groups excluding tert-OH is 1. The van der Waals surface area contributed by atoms with E-state index >= 15 is 0 Å². The molecule has 0 aromatic heterocycles. The minimum atomic E-state index is -3.67. The van der Waals surface area contributed by atoms with Crippen molar-refractivity contribution in [1.29, 1.82) is 0 Å². The van der Waals surface area contributed by atoms with E-state index in [-0.39, 0.29) is 11.5 Å². The molecule has 0 unspecified atom stereocenters. The van der Waals surface area contributed by atoms with E-state index in [2.05, 4.69) is 4.72 Å².